The molecule has 3 heteroatoms. The van der Waals surface area contributed by atoms with Crippen LogP contribution in [0.4, 0.5) is 0 Å². The van der Waals surface area contributed by atoms with Gasteiger partial charge < -0.3 is 10.4 Å². The van der Waals surface area contributed by atoms with Crippen LogP contribution in [0, 0.1) is 5.92 Å². The third kappa shape index (κ3) is 3.25. The number of carbonyl (C=O) groups is 1. The second-order valence-electron chi connectivity index (χ2n) is 2.34. The minimum Gasteiger partial charge on any atom is -0.370 e. The van der Waals surface area contributed by atoms with Gasteiger partial charge in [-0.15, -0.1) is 0 Å². The van der Waals surface area contributed by atoms with Crippen molar-refractivity contribution < 1.29 is 9.90 Å². The molecule has 0 radical (unpaired) electrons. The van der Waals surface area contributed by atoms with Crippen LogP contribution < -0.4 is 5.32 Å². The summed E-state index contributed by atoms with van der Waals surface area (Å²) in [4.78, 5) is 10.8. The topological polar surface area (TPSA) is 49.3 Å². The van der Waals surface area contributed by atoms with Gasteiger partial charge in [-0.2, -0.15) is 0 Å². The van der Waals surface area contributed by atoms with Gasteiger partial charge in [0, 0.05) is 5.92 Å². The Morgan fingerprint density at radius 1 is 1.70 bits per heavy atom. The van der Waals surface area contributed by atoms with Crippen LogP contribution in [0.25, 0.3) is 0 Å². The van der Waals surface area contributed by atoms with Crippen molar-refractivity contribution in [3.05, 3.63) is 12.7 Å². The number of hydrogen-bond acceptors (Lipinski definition) is 2. The van der Waals surface area contributed by atoms with Crippen LogP contribution in [0.1, 0.15) is 13.8 Å². The van der Waals surface area contributed by atoms with E-state index in [-0.39, 0.29) is 11.8 Å². The molecular weight excluding hydrogens is 130 g/mol. The Morgan fingerprint density at radius 2 is 2.20 bits per heavy atom. The Bertz CT molecular complexity index is 132. The molecule has 10 heavy (non-hydrogen) atoms. The summed E-state index contributed by atoms with van der Waals surface area (Å²) in [6.45, 7) is 6.82. The van der Waals surface area contributed by atoms with Gasteiger partial charge in [-0.25, -0.2) is 0 Å². The molecule has 0 aromatic carbocycles. The first-order valence-corrected chi connectivity index (χ1v) is 3.19. The molecule has 58 valence electrons. The van der Waals surface area contributed by atoms with E-state index in [4.69, 9.17) is 5.11 Å². The lowest BCUT2D eigenvalue weighted by atomic mass is 10.2. The van der Waals surface area contributed by atoms with E-state index in [9.17, 15) is 4.79 Å². The van der Waals surface area contributed by atoms with E-state index in [0.29, 0.717) is 0 Å². The van der Waals surface area contributed by atoms with E-state index in [1.807, 2.05) is 0 Å². The molecule has 0 bridgehead atoms. The van der Waals surface area contributed by atoms with Gasteiger partial charge in [-0.1, -0.05) is 20.4 Å². The van der Waals surface area contributed by atoms with Crippen molar-refractivity contribution in [1.82, 2.24) is 5.32 Å². The molecule has 0 spiro atoms. The molecule has 0 aliphatic heterocycles. The van der Waals surface area contributed by atoms with Crippen LogP contribution in [0.3, 0.4) is 0 Å². The predicted octanol–water partition coefficient (Wildman–Crippen LogP) is 0.263. The van der Waals surface area contributed by atoms with E-state index in [1.54, 1.807) is 13.8 Å². The smallest absolute Gasteiger partial charge is 0.224 e. The Hall–Kier alpha value is -0.830. The van der Waals surface area contributed by atoms with E-state index in [0.717, 1.165) is 0 Å². The normalized spacial score (nSPS) is 12.8. The molecule has 0 heterocycles. The first-order chi connectivity index (χ1) is 4.57. The van der Waals surface area contributed by atoms with Gasteiger partial charge in [-0.3, -0.25) is 4.79 Å². The predicted molar refractivity (Wildman–Crippen MR) is 39.2 cm³/mol. The van der Waals surface area contributed by atoms with Crippen LogP contribution in [-0.4, -0.2) is 17.2 Å². The molecule has 2 N–H and O–H groups in total. The van der Waals surface area contributed by atoms with Gasteiger partial charge in [0.2, 0.25) is 5.91 Å². The number of amides is 1. The van der Waals surface area contributed by atoms with Crippen LogP contribution >= 0.6 is 0 Å². The van der Waals surface area contributed by atoms with Crippen molar-refractivity contribution >= 4 is 5.91 Å². The third-order valence-electron chi connectivity index (χ3n) is 1.04. The van der Waals surface area contributed by atoms with Crippen molar-refractivity contribution in [1.29, 1.82) is 0 Å². The standard InChI is InChI=1S/C7H13NO2/c1-4-6(9)8-7(10)5(2)3/h4-6,9H,1H2,2-3H3,(H,8,10). The highest BCUT2D eigenvalue weighted by atomic mass is 16.3. The molecule has 1 atom stereocenters. The molecule has 0 aromatic heterocycles. The first kappa shape index (κ1) is 9.17. The second kappa shape index (κ2) is 4.06. The third-order valence-corrected chi connectivity index (χ3v) is 1.04. The number of hydrogen-bond donors (Lipinski definition) is 2. The van der Waals surface area contributed by atoms with Gasteiger partial charge in [0.15, 0.2) is 0 Å². The highest BCUT2D eigenvalue weighted by Gasteiger charge is 2.08. The summed E-state index contributed by atoms with van der Waals surface area (Å²) in [5.41, 5.74) is 0. The monoisotopic (exact) mass is 143 g/mol. The van der Waals surface area contributed by atoms with Crippen molar-refractivity contribution in [3.63, 3.8) is 0 Å². The van der Waals surface area contributed by atoms with Crippen molar-refractivity contribution in [2.24, 2.45) is 5.92 Å². The van der Waals surface area contributed by atoms with Crippen molar-refractivity contribution in [2.45, 2.75) is 20.1 Å². The summed E-state index contributed by atoms with van der Waals surface area (Å²) in [7, 11) is 0. The summed E-state index contributed by atoms with van der Waals surface area (Å²) in [6.07, 6.45) is 0.343. The minimum atomic E-state index is -0.921. The van der Waals surface area contributed by atoms with Crippen LogP contribution in [0.5, 0.6) is 0 Å². The molecule has 0 rings (SSSR count). The SMILES string of the molecule is C=CC(O)NC(=O)C(C)C. The molecule has 0 saturated carbocycles. The Morgan fingerprint density at radius 3 is 2.50 bits per heavy atom. The fourth-order valence-corrected chi connectivity index (χ4v) is 0.371. The Labute approximate surface area is 60.7 Å². The fraction of sp³-hybridized carbons (Fsp3) is 0.571. The van der Waals surface area contributed by atoms with Crippen molar-refractivity contribution in [2.75, 3.05) is 0 Å². The van der Waals surface area contributed by atoms with Crippen LogP contribution in [0.2, 0.25) is 0 Å². The van der Waals surface area contributed by atoms with Gasteiger partial charge in [0.05, 0.1) is 0 Å². The lowest BCUT2D eigenvalue weighted by Gasteiger charge is -2.09. The van der Waals surface area contributed by atoms with Crippen molar-refractivity contribution in [3.8, 4) is 0 Å². The van der Waals surface area contributed by atoms with Gasteiger partial charge in [0.25, 0.3) is 0 Å². The molecule has 0 saturated heterocycles. The average molecular weight is 143 g/mol. The quantitative estimate of drug-likeness (QED) is 0.440. The maximum atomic E-state index is 10.8. The van der Waals surface area contributed by atoms with E-state index in [1.165, 1.54) is 6.08 Å². The first-order valence-electron chi connectivity index (χ1n) is 3.19. The highest BCUT2D eigenvalue weighted by Crippen LogP contribution is 1.91. The number of aliphatic hydroxyl groups is 1. The lowest BCUT2D eigenvalue weighted by molar-refractivity contribution is -0.126. The molecule has 1 amide bonds. The summed E-state index contributed by atoms with van der Waals surface area (Å²) in [6, 6.07) is 0. The van der Waals surface area contributed by atoms with Gasteiger partial charge in [0.1, 0.15) is 6.23 Å². The molecule has 0 fully saturated rings. The summed E-state index contributed by atoms with van der Waals surface area (Å²) < 4.78 is 0. The maximum Gasteiger partial charge on any atom is 0.224 e. The zero-order valence-electron chi connectivity index (χ0n) is 6.29. The zero-order valence-corrected chi connectivity index (χ0v) is 6.29. The zero-order chi connectivity index (χ0) is 8.15. The Balaban J connectivity index is 3.68. The van der Waals surface area contributed by atoms with Crippen LogP contribution in [0.15, 0.2) is 12.7 Å². The van der Waals surface area contributed by atoms with E-state index < -0.39 is 6.23 Å². The number of rotatable bonds is 3. The van der Waals surface area contributed by atoms with E-state index in [2.05, 4.69) is 11.9 Å². The van der Waals surface area contributed by atoms with E-state index >= 15 is 0 Å². The number of nitrogens with one attached hydrogen (secondary N) is 1. The number of carbonyl (C=O) groups excluding carboxylic acids is 1. The summed E-state index contributed by atoms with van der Waals surface area (Å²) >= 11 is 0. The maximum absolute atomic E-state index is 10.8. The van der Waals surface area contributed by atoms with Gasteiger partial charge in [-0.05, 0) is 6.08 Å². The largest absolute Gasteiger partial charge is 0.370 e. The number of aliphatic hydroxyl groups excluding tert-OH is 1. The van der Waals surface area contributed by atoms with Gasteiger partial charge >= 0.3 is 0 Å². The summed E-state index contributed by atoms with van der Waals surface area (Å²) in [5.74, 6) is -0.276. The lowest BCUT2D eigenvalue weighted by Crippen LogP contribution is -2.35. The minimum absolute atomic E-state index is 0.102. The molecule has 0 aliphatic carbocycles. The van der Waals surface area contributed by atoms with Crippen LogP contribution in [-0.2, 0) is 4.79 Å². The summed E-state index contributed by atoms with van der Waals surface area (Å²) in [5, 5.41) is 11.2. The highest BCUT2D eigenvalue weighted by molar-refractivity contribution is 5.78. The molecule has 0 aromatic rings. The molecule has 0 aliphatic rings. The molecule has 1 unspecified atom stereocenters. The molecular formula is C7H13NO2. The average Bonchev–Trinajstić information content (AvgIpc) is 1.87. The Kier molecular flexibility index (Phi) is 3.72. The molecule has 3 nitrogen and oxygen atoms in total. The second-order valence-corrected chi connectivity index (χ2v) is 2.34. The fourth-order valence-electron chi connectivity index (χ4n) is 0.371.